The first-order chi connectivity index (χ1) is 21.5. The largest absolute Gasteiger partial charge is 0.445 e. The van der Waals surface area contributed by atoms with E-state index in [1.165, 1.54) is 24.0 Å². The molecule has 3 fully saturated rings. The van der Waals surface area contributed by atoms with Crippen LogP contribution < -0.4 is 0 Å². The van der Waals surface area contributed by atoms with Crippen molar-refractivity contribution in [2.45, 2.75) is 64.1 Å². The second-order valence-corrected chi connectivity index (χ2v) is 14.6. The Bertz CT molecular complexity index is 1760. The maximum absolute atomic E-state index is 14.0. The van der Waals surface area contributed by atoms with E-state index in [2.05, 4.69) is 23.1 Å². The predicted molar refractivity (Wildman–Crippen MR) is 165 cm³/mol. The highest BCUT2D eigenvalue weighted by Gasteiger charge is 2.70. The summed E-state index contributed by atoms with van der Waals surface area (Å²) < 4.78 is 23.4. The minimum Gasteiger partial charge on any atom is -0.445 e. The number of aliphatic hydroxyl groups excluding tert-OH is 1. The lowest BCUT2D eigenvalue weighted by Crippen LogP contribution is -2.62. The van der Waals surface area contributed by atoms with Gasteiger partial charge in [-0.3, -0.25) is 4.79 Å². The van der Waals surface area contributed by atoms with Crippen molar-refractivity contribution in [1.82, 2.24) is 19.3 Å². The number of halogens is 1. The summed E-state index contributed by atoms with van der Waals surface area (Å²) in [6.07, 6.45) is 10.1. The normalized spacial score (nSPS) is 33.2. The molecule has 7 rings (SSSR count). The quantitative estimate of drug-likeness (QED) is 0.379. The maximum atomic E-state index is 14.0. The average Bonchev–Trinajstić information content (AvgIpc) is 3.70. The summed E-state index contributed by atoms with van der Waals surface area (Å²) in [4.78, 5) is 31.6. The number of esters is 1. The summed E-state index contributed by atoms with van der Waals surface area (Å²) in [5.41, 5.74) is 1.65. The Hall–Kier alpha value is -3.75. The third-order valence-electron chi connectivity index (χ3n) is 11.4. The van der Waals surface area contributed by atoms with Gasteiger partial charge < -0.3 is 14.4 Å². The van der Waals surface area contributed by atoms with Crippen LogP contribution in [-0.4, -0.2) is 53.0 Å². The van der Waals surface area contributed by atoms with Gasteiger partial charge in [-0.25, -0.2) is 18.9 Å². The number of carbonyl (C=O) groups excluding carboxylic acids is 2. The van der Waals surface area contributed by atoms with Crippen LogP contribution in [0.2, 0.25) is 0 Å². The minimum atomic E-state index is -1.48. The summed E-state index contributed by atoms with van der Waals surface area (Å²) in [5, 5.41) is 25.7. The summed E-state index contributed by atoms with van der Waals surface area (Å²) in [6, 6.07) is 8.34. The van der Waals surface area contributed by atoms with E-state index in [1.54, 1.807) is 29.9 Å². The van der Waals surface area contributed by atoms with Crippen LogP contribution in [0.4, 0.5) is 4.39 Å². The summed E-state index contributed by atoms with van der Waals surface area (Å²) in [5.74, 6) is -0.914. The Balaban J connectivity index is 1.23. The highest BCUT2D eigenvalue weighted by atomic mass is 32.2. The van der Waals surface area contributed by atoms with E-state index in [9.17, 15) is 24.3 Å². The number of hydrogen-bond acceptors (Lipinski definition) is 8. The van der Waals surface area contributed by atoms with Crippen LogP contribution in [0.15, 0.2) is 48.6 Å². The number of carbonyl (C=O) groups is 2. The summed E-state index contributed by atoms with van der Waals surface area (Å²) in [6.45, 7) is 4.25. The molecule has 0 aliphatic heterocycles. The molecular formula is C34H36FN5O4S. The number of allylic oxidation sites excluding steroid dienone is 1. The number of imidazole rings is 1. The van der Waals surface area contributed by atoms with Crippen LogP contribution in [0.5, 0.6) is 0 Å². The molecule has 0 spiro atoms. The van der Waals surface area contributed by atoms with Crippen LogP contribution in [0.3, 0.4) is 0 Å². The van der Waals surface area contributed by atoms with Gasteiger partial charge in [0.15, 0.2) is 11.3 Å². The summed E-state index contributed by atoms with van der Waals surface area (Å²) >= 11 is 0.887. The van der Waals surface area contributed by atoms with Crippen molar-refractivity contribution in [3.8, 4) is 11.8 Å². The number of aryl methyl sites for hydroxylation is 1. The molecule has 7 unspecified atom stereocenters. The Labute approximate surface area is 265 Å². The Kier molecular flexibility index (Phi) is 7.09. The monoisotopic (exact) mass is 629 g/mol. The third kappa shape index (κ3) is 4.43. The molecule has 3 aromatic rings. The van der Waals surface area contributed by atoms with Gasteiger partial charge in [0.05, 0.1) is 41.8 Å². The molecule has 3 saturated carbocycles. The third-order valence-corrected chi connectivity index (χ3v) is 12.3. The van der Waals surface area contributed by atoms with Crippen LogP contribution in [-0.2, 0) is 23.0 Å². The number of rotatable bonds is 5. The van der Waals surface area contributed by atoms with Gasteiger partial charge >= 0.3 is 5.97 Å². The zero-order chi connectivity index (χ0) is 31.7. The maximum Gasteiger partial charge on any atom is 0.359 e. The number of nitriles is 1. The zero-order valence-electron chi connectivity index (χ0n) is 25.6. The second kappa shape index (κ2) is 10.7. The Morgan fingerprint density at radius 1 is 1.24 bits per heavy atom. The van der Waals surface area contributed by atoms with E-state index in [1.807, 2.05) is 23.9 Å². The van der Waals surface area contributed by atoms with Crippen molar-refractivity contribution in [1.29, 1.82) is 5.26 Å². The van der Waals surface area contributed by atoms with Crippen molar-refractivity contribution >= 4 is 28.9 Å². The number of fused-ring (bicyclic) bond motifs is 6. The topological polar surface area (TPSA) is 123 Å². The molecule has 0 amide bonds. The second-order valence-electron chi connectivity index (χ2n) is 13.6. The molecule has 2 heterocycles. The molecule has 11 heteroatoms. The average molecular weight is 630 g/mol. The lowest BCUT2D eigenvalue weighted by atomic mass is 9.45. The fraction of sp³-hybridized carbons (Fsp3) is 0.500. The fourth-order valence-electron chi connectivity index (χ4n) is 9.45. The van der Waals surface area contributed by atoms with Gasteiger partial charge in [-0.1, -0.05) is 31.2 Å². The first kappa shape index (κ1) is 29.9. The number of nitrogens with zero attached hydrogens (tertiary/aromatic N) is 5. The number of thioether (sulfide) groups is 1. The highest BCUT2D eigenvalue weighted by Crippen LogP contribution is 2.69. The van der Waals surface area contributed by atoms with Crippen molar-refractivity contribution in [2.24, 2.45) is 35.6 Å². The molecule has 0 radical (unpaired) electrons. The lowest BCUT2D eigenvalue weighted by Gasteiger charge is -2.60. The highest BCUT2D eigenvalue weighted by molar-refractivity contribution is 8.14. The molecule has 7 atom stereocenters. The molecule has 234 valence electrons. The van der Waals surface area contributed by atoms with Gasteiger partial charge in [0.2, 0.25) is 5.12 Å². The van der Waals surface area contributed by atoms with Crippen molar-refractivity contribution in [2.75, 3.05) is 5.75 Å². The molecule has 1 aromatic carbocycles. The fourth-order valence-corrected chi connectivity index (χ4v) is 10.3. The molecule has 1 N–H and O–H groups in total. The first-order valence-corrected chi connectivity index (χ1v) is 16.5. The van der Waals surface area contributed by atoms with E-state index in [0.717, 1.165) is 41.5 Å². The van der Waals surface area contributed by atoms with E-state index in [4.69, 9.17) is 4.74 Å². The van der Waals surface area contributed by atoms with E-state index in [0.29, 0.717) is 25.7 Å². The van der Waals surface area contributed by atoms with Crippen LogP contribution in [0.25, 0.3) is 11.8 Å². The first-order valence-electron chi connectivity index (χ1n) is 15.5. The van der Waals surface area contributed by atoms with Gasteiger partial charge in [0.1, 0.15) is 5.82 Å². The Morgan fingerprint density at radius 2 is 2.02 bits per heavy atom. The van der Waals surface area contributed by atoms with E-state index < -0.39 is 23.1 Å². The summed E-state index contributed by atoms with van der Waals surface area (Å²) in [7, 11) is 1.76. The number of aromatic nitrogens is 4. The number of hydrogen-bond donors (Lipinski definition) is 1. The number of aliphatic hydroxyl groups is 1. The van der Waals surface area contributed by atoms with E-state index in [-0.39, 0.29) is 45.5 Å². The molecule has 4 aliphatic carbocycles. The molecular weight excluding hydrogens is 593 g/mol. The molecule has 2 aromatic heterocycles. The van der Waals surface area contributed by atoms with Crippen molar-refractivity contribution in [3.63, 3.8) is 0 Å². The SMILES string of the molecule is Cn1cnc(C(=O)OC2(C(=O)SCC#N)CCC3C4CCC5=Cc6c(cnn6-c6ccc(F)cc6)CC5(C)C4C(O)CC32C)c1. The van der Waals surface area contributed by atoms with Gasteiger partial charge in [-0.15, -0.1) is 0 Å². The van der Waals surface area contributed by atoms with Crippen molar-refractivity contribution in [3.05, 3.63) is 71.3 Å². The standard InChI is InChI=1S/C34H36FN5O4S/c1-32-15-20-17-38-40(23-7-5-22(35)6-8-23)27(20)14-21(32)4-9-24-25-10-11-34(31(43)45-13-12-36,33(25,2)16-28(41)29(24)32)44-30(42)26-18-39(3)19-37-26/h5-8,14,17-19,24-25,28-29,41H,4,9-11,13,15-16H2,1-3H3. The molecule has 9 nitrogen and oxygen atoms in total. The molecule has 45 heavy (non-hydrogen) atoms. The number of benzene rings is 1. The van der Waals surface area contributed by atoms with Gasteiger partial charge in [-0.05, 0) is 97.6 Å². The number of ether oxygens (including phenoxy) is 1. The van der Waals surface area contributed by atoms with Crippen LogP contribution in [0, 0.1) is 45.7 Å². The van der Waals surface area contributed by atoms with Crippen LogP contribution in [0.1, 0.15) is 67.7 Å². The molecule has 0 bridgehead atoms. The van der Waals surface area contributed by atoms with Gasteiger partial charge in [-0.2, -0.15) is 10.4 Å². The lowest BCUT2D eigenvalue weighted by molar-refractivity contribution is -0.174. The van der Waals surface area contributed by atoms with E-state index >= 15 is 0 Å². The molecule has 0 saturated heterocycles. The van der Waals surface area contributed by atoms with Crippen molar-refractivity contribution < 1.29 is 23.8 Å². The van der Waals surface area contributed by atoms with Gasteiger partial charge in [0.25, 0.3) is 0 Å². The smallest absolute Gasteiger partial charge is 0.359 e. The van der Waals surface area contributed by atoms with Crippen LogP contribution >= 0.6 is 11.8 Å². The zero-order valence-corrected chi connectivity index (χ0v) is 26.4. The van der Waals surface area contributed by atoms with Gasteiger partial charge in [0, 0.05) is 18.7 Å². The predicted octanol–water partition coefficient (Wildman–Crippen LogP) is 5.28. The molecule has 4 aliphatic rings. The minimum absolute atomic E-state index is 0.0378. The Morgan fingerprint density at radius 3 is 2.73 bits per heavy atom.